The molecule has 1 aliphatic rings. The van der Waals surface area contributed by atoms with Gasteiger partial charge in [0.2, 0.25) is 0 Å². The zero-order valence-corrected chi connectivity index (χ0v) is 24.1. The molecule has 5 nitrogen and oxygen atoms in total. The number of thiocarbonyl (C=S) groups is 1. The molecular weight excluding hydrogens is 488 g/mol. The fourth-order valence-corrected chi connectivity index (χ4v) is 6.21. The summed E-state index contributed by atoms with van der Waals surface area (Å²) in [6.07, 6.45) is 1.97. The molecule has 0 amide bonds. The normalized spacial score (nSPS) is 17.3. The molecule has 1 saturated heterocycles. The summed E-state index contributed by atoms with van der Waals surface area (Å²) in [4.78, 5) is 6.96. The van der Waals surface area contributed by atoms with Gasteiger partial charge in [0.15, 0.2) is 5.11 Å². The lowest BCUT2D eigenvalue weighted by molar-refractivity contribution is 0.242. The Bertz CT molecular complexity index is 1450. The van der Waals surface area contributed by atoms with Gasteiger partial charge in [0.1, 0.15) is 5.75 Å². The van der Waals surface area contributed by atoms with Crippen LogP contribution in [-0.4, -0.2) is 20.8 Å². The Labute approximate surface area is 231 Å². The number of hydrogen-bond donors (Lipinski definition) is 1. The molecule has 6 heteroatoms. The van der Waals surface area contributed by atoms with Crippen molar-refractivity contribution in [2.75, 3.05) is 4.90 Å². The van der Waals surface area contributed by atoms with Gasteiger partial charge in [-0.05, 0) is 120 Å². The first-order chi connectivity index (χ1) is 18.2. The van der Waals surface area contributed by atoms with Crippen LogP contribution in [0.15, 0.2) is 66.9 Å². The topological polar surface area (TPSA) is 42.3 Å². The van der Waals surface area contributed by atoms with E-state index in [1.807, 2.05) is 44.3 Å². The number of pyridine rings is 1. The van der Waals surface area contributed by atoms with Crippen LogP contribution in [0.25, 0.3) is 5.69 Å². The predicted octanol–water partition coefficient (Wildman–Crippen LogP) is 7.38. The van der Waals surface area contributed by atoms with Crippen LogP contribution in [0.3, 0.4) is 0 Å². The average Bonchev–Trinajstić information content (AvgIpc) is 3.35. The third-order valence-electron chi connectivity index (χ3n) is 7.23. The van der Waals surface area contributed by atoms with Crippen LogP contribution >= 0.6 is 12.2 Å². The minimum absolute atomic E-state index is 0.0692. The Balaban J connectivity index is 1.66. The second kappa shape index (κ2) is 10.3. The molecule has 2 aromatic heterocycles. The minimum atomic E-state index is -0.0931. The molecule has 0 saturated carbocycles. The number of rotatable bonds is 6. The van der Waals surface area contributed by atoms with Crippen molar-refractivity contribution >= 4 is 23.0 Å². The van der Waals surface area contributed by atoms with Crippen LogP contribution in [0.4, 0.5) is 5.69 Å². The first-order valence-electron chi connectivity index (χ1n) is 13.2. The van der Waals surface area contributed by atoms with Gasteiger partial charge in [-0.15, -0.1) is 0 Å². The molecule has 4 aromatic rings. The molecule has 0 bridgehead atoms. The maximum Gasteiger partial charge on any atom is 0.174 e. The summed E-state index contributed by atoms with van der Waals surface area (Å²) in [5, 5.41) is 4.28. The molecule has 1 N–H and O–H groups in total. The van der Waals surface area contributed by atoms with Crippen LogP contribution in [0.1, 0.15) is 65.3 Å². The standard InChI is InChI=1S/C32H36N4OS/c1-19(2)37-26-13-11-25(12-14-26)36-31(29(34-32(36)38)28-10-8-9-15-33-28)27-18-23(6)35(24(27)7)30-21(4)16-20(3)17-22(30)5/h8-19,29,31H,1-7H3,(H,34,38)/t29-,31+/m0/s1. The van der Waals surface area contributed by atoms with Gasteiger partial charge in [-0.3, -0.25) is 4.98 Å². The molecule has 38 heavy (non-hydrogen) atoms. The van der Waals surface area contributed by atoms with Gasteiger partial charge in [-0.1, -0.05) is 23.8 Å². The number of nitrogens with zero attached hydrogens (tertiary/aromatic N) is 3. The molecule has 0 radical (unpaired) electrons. The lowest BCUT2D eigenvalue weighted by atomic mass is 9.96. The van der Waals surface area contributed by atoms with E-state index in [2.05, 4.69) is 85.8 Å². The summed E-state index contributed by atoms with van der Waals surface area (Å²) in [6.45, 7) is 15.0. The zero-order chi connectivity index (χ0) is 27.1. The molecule has 1 fully saturated rings. The van der Waals surface area contributed by atoms with E-state index in [9.17, 15) is 0 Å². The molecular formula is C32H36N4OS. The molecule has 0 unspecified atom stereocenters. The summed E-state index contributed by atoms with van der Waals surface area (Å²) in [5.41, 5.74) is 10.7. The van der Waals surface area contributed by atoms with E-state index < -0.39 is 0 Å². The van der Waals surface area contributed by atoms with E-state index in [0.717, 1.165) is 17.1 Å². The average molecular weight is 525 g/mol. The summed E-state index contributed by atoms with van der Waals surface area (Å²) in [5.74, 6) is 0.850. The Morgan fingerprint density at radius 1 is 0.921 bits per heavy atom. The zero-order valence-electron chi connectivity index (χ0n) is 23.2. The third kappa shape index (κ3) is 4.69. The van der Waals surface area contributed by atoms with Crippen molar-refractivity contribution in [2.24, 2.45) is 0 Å². The van der Waals surface area contributed by atoms with E-state index in [1.165, 1.54) is 39.3 Å². The highest BCUT2D eigenvalue weighted by molar-refractivity contribution is 7.80. The SMILES string of the molecule is Cc1cc(C)c(-n2c(C)cc([C@@H]3[C@H](c4ccccn4)NC(=S)N3c3ccc(OC(C)C)cc3)c2C)c(C)c1. The second-order valence-corrected chi connectivity index (χ2v) is 11.0. The monoisotopic (exact) mass is 524 g/mol. The highest BCUT2D eigenvalue weighted by Gasteiger charge is 2.42. The van der Waals surface area contributed by atoms with Crippen LogP contribution < -0.4 is 15.0 Å². The first kappa shape index (κ1) is 26.0. The van der Waals surface area contributed by atoms with Crippen molar-refractivity contribution in [3.63, 3.8) is 0 Å². The Morgan fingerprint density at radius 2 is 1.61 bits per heavy atom. The molecule has 2 atom stereocenters. The Kier molecular flexibility index (Phi) is 7.01. The highest BCUT2D eigenvalue weighted by Crippen LogP contribution is 2.44. The largest absolute Gasteiger partial charge is 0.491 e. The van der Waals surface area contributed by atoms with Gasteiger partial charge in [0, 0.05) is 23.3 Å². The number of aryl methyl sites for hydroxylation is 4. The number of aromatic nitrogens is 2. The van der Waals surface area contributed by atoms with Crippen LogP contribution in [-0.2, 0) is 0 Å². The van der Waals surface area contributed by atoms with Crippen molar-refractivity contribution in [1.82, 2.24) is 14.9 Å². The number of anilines is 1. The molecule has 5 rings (SSSR count). The molecule has 3 heterocycles. The van der Waals surface area contributed by atoms with Crippen LogP contribution in [0.2, 0.25) is 0 Å². The number of benzene rings is 2. The quantitative estimate of drug-likeness (QED) is 0.267. The first-order valence-corrected chi connectivity index (χ1v) is 13.6. The molecule has 2 aromatic carbocycles. The third-order valence-corrected chi connectivity index (χ3v) is 7.55. The highest BCUT2D eigenvalue weighted by atomic mass is 32.1. The number of nitrogens with one attached hydrogen (secondary N) is 1. The van der Waals surface area contributed by atoms with Crippen molar-refractivity contribution in [2.45, 2.75) is 66.7 Å². The van der Waals surface area contributed by atoms with Gasteiger partial charge >= 0.3 is 0 Å². The van der Waals surface area contributed by atoms with Gasteiger partial charge < -0.3 is 19.5 Å². The number of ether oxygens (including phenoxy) is 1. The summed E-state index contributed by atoms with van der Waals surface area (Å²) < 4.78 is 8.30. The van der Waals surface area contributed by atoms with Gasteiger partial charge in [-0.2, -0.15) is 0 Å². The maximum absolute atomic E-state index is 5.96. The van der Waals surface area contributed by atoms with Crippen molar-refractivity contribution in [3.05, 3.63) is 106 Å². The van der Waals surface area contributed by atoms with Gasteiger partial charge in [-0.25, -0.2) is 0 Å². The van der Waals surface area contributed by atoms with Crippen LogP contribution in [0.5, 0.6) is 5.75 Å². The summed E-state index contributed by atoms with van der Waals surface area (Å²) in [6, 6.07) is 20.9. The van der Waals surface area contributed by atoms with E-state index in [0.29, 0.717) is 5.11 Å². The van der Waals surface area contributed by atoms with Crippen LogP contribution in [0, 0.1) is 34.6 Å². The molecule has 1 aliphatic heterocycles. The van der Waals surface area contributed by atoms with E-state index in [-0.39, 0.29) is 18.2 Å². The van der Waals surface area contributed by atoms with Gasteiger partial charge in [0.25, 0.3) is 0 Å². The molecule has 0 aliphatic carbocycles. The molecule has 196 valence electrons. The van der Waals surface area contributed by atoms with E-state index in [4.69, 9.17) is 21.9 Å². The van der Waals surface area contributed by atoms with Gasteiger partial charge in [0.05, 0.1) is 29.6 Å². The lowest BCUT2D eigenvalue weighted by Gasteiger charge is -2.28. The minimum Gasteiger partial charge on any atom is -0.491 e. The van der Waals surface area contributed by atoms with Crippen molar-refractivity contribution in [3.8, 4) is 11.4 Å². The summed E-state index contributed by atoms with van der Waals surface area (Å²) in [7, 11) is 0. The van der Waals surface area contributed by atoms with Crippen molar-refractivity contribution in [1.29, 1.82) is 0 Å². The molecule has 0 spiro atoms. The second-order valence-electron chi connectivity index (χ2n) is 10.6. The van der Waals surface area contributed by atoms with E-state index >= 15 is 0 Å². The van der Waals surface area contributed by atoms with Crippen molar-refractivity contribution < 1.29 is 4.74 Å². The maximum atomic E-state index is 5.96. The summed E-state index contributed by atoms with van der Waals surface area (Å²) >= 11 is 5.96. The smallest absolute Gasteiger partial charge is 0.174 e. The Hall–Kier alpha value is -3.64. The van der Waals surface area contributed by atoms with E-state index in [1.54, 1.807) is 0 Å². The number of hydrogen-bond acceptors (Lipinski definition) is 3. The lowest BCUT2D eigenvalue weighted by Crippen LogP contribution is -2.29. The fourth-order valence-electron chi connectivity index (χ4n) is 5.86. The predicted molar refractivity (Wildman–Crippen MR) is 160 cm³/mol. The Morgan fingerprint density at radius 3 is 2.21 bits per heavy atom. The fraction of sp³-hybridized carbons (Fsp3) is 0.312.